The van der Waals surface area contributed by atoms with Crippen molar-refractivity contribution in [2.45, 2.75) is 59.9 Å². The number of imide groups is 1. The standard InChI is InChI=1S/C26H31F3N2O5/c1-6-22(24(33)35-8-3)36-23-17(4)13-19(14-18(23)5)15-30(16-32)25(34)31(7-2)21-11-9-20(10-12-21)26(27,28)29/h9-14,16,22H,6-8,15H2,1-5H3. The zero-order valence-electron chi connectivity index (χ0n) is 21.0. The van der Waals surface area contributed by atoms with Gasteiger partial charge in [-0.25, -0.2) is 9.59 Å². The van der Waals surface area contributed by atoms with Crippen LogP contribution in [0.4, 0.5) is 23.7 Å². The SMILES string of the molecule is CCOC(=O)C(CC)Oc1c(C)cc(CN(C=O)C(=O)N(CC)c2ccc(C(F)(F)F)cc2)cc1C. The summed E-state index contributed by atoms with van der Waals surface area (Å²) in [5.41, 5.74) is 1.47. The molecule has 0 N–H and O–H groups in total. The minimum Gasteiger partial charge on any atom is -0.478 e. The molecule has 1 unspecified atom stereocenters. The van der Waals surface area contributed by atoms with E-state index in [1.165, 1.54) is 17.0 Å². The minimum absolute atomic E-state index is 0.0590. The van der Waals surface area contributed by atoms with Crippen LogP contribution < -0.4 is 9.64 Å². The van der Waals surface area contributed by atoms with Crippen molar-refractivity contribution in [2.75, 3.05) is 18.1 Å². The number of hydrogen-bond acceptors (Lipinski definition) is 5. The highest BCUT2D eigenvalue weighted by Crippen LogP contribution is 2.31. The van der Waals surface area contributed by atoms with Crippen LogP contribution in [0.25, 0.3) is 0 Å². The molecule has 36 heavy (non-hydrogen) atoms. The number of ether oxygens (including phenoxy) is 2. The molecular formula is C26H31F3N2O5. The van der Waals surface area contributed by atoms with Crippen molar-refractivity contribution >= 4 is 24.1 Å². The molecule has 0 spiro atoms. The van der Waals surface area contributed by atoms with Crippen molar-refractivity contribution < 1.29 is 37.0 Å². The van der Waals surface area contributed by atoms with Gasteiger partial charge in [-0.15, -0.1) is 0 Å². The Morgan fingerprint density at radius 1 is 1.03 bits per heavy atom. The van der Waals surface area contributed by atoms with Crippen molar-refractivity contribution in [1.82, 2.24) is 4.90 Å². The van der Waals surface area contributed by atoms with Gasteiger partial charge in [0.25, 0.3) is 0 Å². The van der Waals surface area contributed by atoms with Crippen molar-refractivity contribution in [2.24, 2.45) is 0 Å². The summed E-state index contributed by atoms with van der Waals surface area (Å²) >= 11 is 0. The van der Waals surface area contributed by atoms with Crippen LogP contribution in [0.1, 0.15) is 49.4 Å². The van der Waals surface area contributed by atoms with E-state index in [0.717, 1.165) is 17.0 Å². The molecule has 0 radical (unpaired) electrons. The number of alkyl halides is 3. The van der Waals surface area contributed by atoms with Gasteiger partial charge in [-0.05, 0) is 75.1 Å². The molecule has 10 heteroatoms. The number of aryl methyl sites for hydroxylation is 2. The summed E-state index contributed by atoms with van der Waals surface area (Å²) in [5, 5.41) is 0. The molecule has 0 aromatic heterocycles. The quantitative estimate of drug-likeness (QED) is 0.306. The lowest BCUT2D eigenvalue weighted by molar-refractivity contribution is -0.151. The van der Waals surface area contributed by atoms with Gasteiger partial charge in [0.15, 0.2) is 6.10 Å². The fourth-order valence-electron chi connectivity index (χ4n) is 3.75. The van der Waals surface area contributed by atoms with E-state index in [4.69, 9.17) is 9.47 Å². The summed E-state index contributed by atoms with van der Waals surface area (Å²) < 4.78 is 49.6. The molecule has 0 aliphatic heterocycles. The number of nitrogens with zero attached hydrogens (tertiary/aromatic N) is 2. The number of urea groups is 1. The Hall–Kier alpha value is -3.56. The lowest BCUT2D eigenvalue weighted by atomic mass is 10.0. The molecule has 0 fully saturated rings. The van der Waals surface area contributed by atoms with Crippen LogP contribution in [0.2, 0.25) is 0 Å². The molecule has 0 bridgehead atoms. The molecule has 2 rings (SSSR count). The number of benzene rings is 2. The number of carbonyl (C=O) groups is 3. The number of hydrogen-bond donors (Lipinski definition) is 0. The molecule has 0 heterocycles. The number of anilines is 1. The van der Waals surface area contributed by atoms with Crippen LogP contribution in [0.15, 0.2) is 36.4 Å². The van der Waals surface area contributed by atoms with Crippen molar-refractivity contribution in [3.63, 3.8) is 0 Å². The van der Waals surface area contributed by atoms with Crippen LogP contribution in [0.5, 0.6) is 5.75 Å². The molecule has 0 aliphatic carbocycles. The lowest BCUT2D eigenvalue weighted by Gasteiger charge is -2.27. The van der Waals surface area contributed by atoms with Gasteiger partial charge in [0.2, 0.25) is 6.41 Å². The van der Waals surface area contributed by atoms with Gasteiger partial charge in [0.1, 0.15) is 5.75 Å². The average Bonchev–Trinajstić information content (AvgIpc) is 2.82. The minimum atomic E-state index is -4.49. The van der Waals surface area contributed by atoms with Crippen LogP contribution in [0.3, 0.4) is 0 Å². The van der Waals surface area contributed by atoms with Crippen LogP contribution in [-0.4, -0.2) is 42.6 Å². The van der Waals surface area contributed by atoms with Gasteiger partial charge in [-0.2, -0.15) is 13.2 Å². The van der Waals surface area contributed by atoms with E-state index in [0.29, 0.717) is 35.3 Å². The van der Waals surface area contributed by atoms with Gasteiger partial charge in [-0.3, -0.25) is 14.6 Å². The van der Waals surface area contributed by atoms with Crippen LogP contribution in [0, 0.1) is 13.8 Å². The Labute approximate surface area is 208 Å². The van der Waals surface area contributed by atoms with Crippen molar-refractivity contribution in [3.05, 3.63) is 58.7 Å². The first-order chi connectivity index (χ1) is 17.0. The third kappa shape index (κ3) is 6.99. The average molecular weight is 509 g/mol. The largest absolute Gasteiger partial charge is 0.478 e. The van der Waals surface area contributed by atoms with Crippen molar-refractivity contribution in [1.29, 1.82) is 0 Å². The second-order valence-electron chi connectivity index (χ2n) is 8.13. The second kappa shape index (κ2) is 12.4. The smallest absolute Gasteiger partial charge is 0.416 e. The lowest BCUT2D eigenvalue weighted by Crippen LogP contribution is -2.42. The first kappa shape index (κ1) is 28.7. The maximum Gasteiger partial charge on any atom is 0.416 e. The first-order valence-electron chi connectivity index (χ1n) is 11.6. The molecule has 2 aromatic rings. The molecule has 0 saturated heterocycles. The molecule has 0 saturated carbocycles. The van der Waals surface area contributed by atoms with Gasteiger partial charge in [0.05, 0.1) is 18.7 Å². The predicted octanol–water partition coefficient (Wildman–Crippen LogP) is 5.65. The molecule has 0 aliphatic rings. The van der Waals surface area contributed by atoms with Gasteiger partial charge >= 0.3 is 18.2 Å². The first-order valence-corrected chi connectivity index (χ1v) is 11.6. The summed E-state index contributed by atoms with van der Waals surface area (Å²) in [6.45, 7) is 9.09. The monoisotopic (exact) mass is 508 g/mol. The third-order valence-electron chi connectivity index (χ3n) is 5.48. The summed E-state index contributed by atoms with van der Waals surface area (Å²) in [4.78, 5) is 39.2. The summed E-state index contributed by atoms with van der Waals surface area (Å²) in [6.07, 6.45) is -4.45. The number of amides is 3. The highest BCUT2D eigenvalue weighted by atomic mass is 19.4. The Kier molecular flexibility index (Phi) is 9.89. The Morgan fingerprint density at radius 3 is 2.06 bits per heavy atom. The highest BCUT2D eigenvalue weighted by molar-refractivity contribution is 5.97. The summed E-state index contributed by atoms with van der Waals surface area (Å²) in [7, 11) is 0. The van der Waals surface area contributed by atoms with Gasteiger partial charge in [0, 0.05) is 12.2 Å². The van der Waals surface area contributed by atoms with Crippen LogP contribution >= 0.6 is 0 Å². The van der Waals surface area contributed by atoms with Gasteiger partial charge in [-0.1, -0.05) is 19.1 Å². The van der Waals surface area contributed by atoms with Crippen LogP contribution in [-0.2, 0) is 27.0 Å². The van der Waals surface area contributed by atoms with E-state index in [9.17, 15) is 27.6 Å². The van der Waals surface area contributed by atoms with Crippen molar-refractivity contribution in [3.8, 4) is 5.75 Å². The van der Waals surface area contributed by atoms with E-state index in [2.05, 4.69) is 0 Å². The molecule has 3 amide bonds. The maximum atomic E-state index is 13.1. The predicted molar refractivity (Wildman–Crippen MR) is 129 cm³/mol. The van der Waals surface area contributed by atoms with E-state index in [1.54, 1.807) is 39.8 Å². The van der Waals surface area contributed by atoms with E-state index in [-0.39, 0.29) is 25.4 Å². The third-order valence-corrected chi connectivity index (χ3v) is 5.48. The number of esters is 1. The normalized spacial score (nSPS) is 12.0. The Bertz CT molecular complexity index is 1050. The number of carbonyl (C=O) groups excluding carboxylic acids is 3. The molecular weight excluding hydrogens is 477 g/mol. The van der Waals surface area contributed by atoms with E-state index in [1.807, 2.05) is 6.92 Å². The molecule has 1 atom stereocenters. The van der Waals surface area contributed by atoms with Gasteiger partial charge < -0.3 is 9.47 Å². The second-order valence-corrected chi connectivity index (χ2v) is 8.13. The zero-order chi connectivity index (χ0) is 27.0. The fourth-order valence-corrected chi connectivity index (χ4v) is 3.75. The maximum absolute atomic E-state index is 13.1. The molecule has 196 valence electrons. The van der Waals surface area contributed by atoms with E-state index >= 15 is 0 Å². The summed E-state index contributed by atoms with van der Waals surface area (Å²) in [6, 6.07) is 7.00. The molecule has 2 aromatic carbocycles. The Morgan fingerprint density at radius 2 is 1.61 bits per heavy atom. The highest BCUT2D eigenvalue weighted by Gasteiger charge is 2.31. The number of halogens is 3. The zero-order valence-corrected chi connectivity index (χ0v) is 21.0. The topological polar surface area (TPSA) is 76.1 Å². The number of rotatable bonds is 10. The Balaban J connectivity index is 2.23. The summed E-state index contributed by atoms with van der Waals surface area (Å²) in [5.74, 6) is 0.0612. The molecule has 7 nitrogen and oxygen atoms in total. The fraction of sp³-hybridized carbons (Fsp3) is 0.423. The van der Waals surface area contributed by atoms with E-state index < -0.39 is 29.8 Å².